The second-order valence-corrected chi connectivity index (χ2v) is 3.69. The van der Waals surface area contributed by atoms with Crippen molar-refractivity contribution in [2.75, 3.05) is 26.1 Å². The molecule has 0 aliphatic carbocycles. The summed E-state index contributed by atoms with van der Waals surface area (Å²) >= 11 is 3.32. The van der Waals surface area contributed by atoms with Gasteiger partial charge >= 0.3 is 0 Å². The fraction of sp³-hybridized carbons (Fsp3) is 0.375. The predicted molar refractivity (Wildman–Crippen MR) is 54.1 cm³/mol. The summed E-state index contributed by atoms with van der Waals surface area (Å²) in [4.78, 5) is 6.21. The van der Waals surface area contributed by atoms with Crippen LogP contribution in [0, 0.1) is 0 Å². The van der Waals surface area contributed by atoms with Crippen molar-refractivity contribution in [2.45, 2.75) is 0 Å². The van der Waals surface area contributed by atoms with Crippen LogP contribution in [0.1, 0.15) is 0 Å². The molecule has 0 saturated carbocycles. The topological polar surface area (TPSA) is 28.2 Å². The van der Waals surface area contributed by atoms with Crippen molar-refractivity contribution >= 4 is 21.7 Å². The fourth-order valence-corrected chi connectivity index (χ4v) is 0.954. The molecule has 0 aliphatic heterocycles. The minimum absolute atomic E-state index is 0.800. The summed E-state index contributed by atoms with van der Waals surface area (Å²) in [5.41, 5.74) is 0. The number of nitrogens with zero attached hydrogens (tertiary/aromatic N) is 2. The molecule has 1 rings (SSSR count). The third-order valence-corrected chi connectivity index (χ3v) is 1.77. The van der Waals surface area contributed by atoms with Gasteiger partial charge in [-0.15, -0.1) is 0 Å². The van der Waals surface area contributed by atoms with Crippen molar-refractivity contribution in [1.29, 1.82) is 0 Å². The molecule has 0 spiro atoms. The van der Waals surface area contributed by atoms with Crippen LogP contribution in [0.2, 0.25) is 0 Å². The van der Waals surface area contributed by atoms with Crippen LogP contribution in [0.5, 0.6) is 0 Å². The van der Waals surface area contributed by atoms with Crippen LogP contribution in [0.4, 0.5) is 5.82 Å². The standard InChI is InChI=1S/C8H12BrN3/c1-12(2)6-11-8-4-3-7(9)5-10-8/h3-5H,6H2,1-2H3,(H,10,11). The zero-order valence-electron chi connectivity index (χ0n) is 7.21. The van der Waals surface area contributed by atoms with Crippen LogP contribution in [0.25, 0.3) is 0 Å². The van der Waals surface area contributed by atoms with E-state index in [0.717, 1.165) is 17.0 Å². The highest BCUT2D eigenvalue weighted by atomic mass is 79.9. The summed E-state index contributed by atoms with van der Waals surface area (Å²) < 4.78 is 0.998. The van der Waals surface area contributed by atoms with Crippen LogP contribution in [-0.2, 0) is 0 Å². The van der Waals surface area contributed by atoms with E-state index in [0.29, 0.717) is 0 Å². The van der Waals surface area contributed by atoms with Gasteiger partial charge in [0.05, 0.1) is 6.67 Å². The monoisotopic (exact) mass is 229 g/mol. The first kappa shape index (κ1) is 9.48. The lowest BCUT2D eigenvalue weighted by Gasteiger charge is -2.10. The highest BCUT2D eigenvalue weighted by Gasteiger charge is 1.92. The van der Waals surface area contributed by atoms with Crippen molar-refractivity contribution < 1.29 is 0 Å². The smallest absolute Gasteiger partial charge is 0.126 e. The summed E-state index contributed by atoms with van der Waals surface area (Å²) in [5, 5.41) is 3.17. The first-order chi connectivity index (χ1) is 5.68. The summed E-state index contributed by atoms with van der Waals surface area (Å²) in [7, 11) is 4.01. The van der Waals surface area contributed by atoms with E-state index in [1.807, 2.05) is 31.1 Å². The molecule has 0 aliphatic rings. The van der Waals surface area contributed by atoms with Gasteiger partial charge in [0, 0.05) is 10.7 Å². The average Bonchev–Trinajstić information content (AvgIpc) is 2.03. The molecule has 3 nitrogen and oxygen atoms in total. The van der Waals surface area contributed by atoms with Gasteiger partial charge in [0.25, 0.3) is 0 Å². The first-order valence-corrected chi connectivity index (χ1v) is 4.48. The van der Waals surface area contributed by atoms with E-state index in [9.17, 15) is 0 Å². The Kier molecular flexibility index (Phi) is 3.49. The molecule has 0 radical (unpaired) electrons. The predicted octanol–water partition coefficient (Wildman–Crippen LogP) is 1.78. The molecular formula is C8H12BrN3. The quantitative estimate of drug-likeness (QED) is 0.802. The number of anilines is 1. The van der Waals surface area contributed by atoms with E-state index in [1.165, 1.54) is 0 Å². The lowest BCUT2D eigenvalue weighted by molar-refractivity contribution is 0.439. The highest BCUT2D eigenvalue weighted by molar-refractivity contribution is 9.10. The Labute approximate surface area is 80.9 Å². The molecule has 66 valence electrons. The third-order valence-electron chi connectivity index (χ3n) is 1.30. The third kappa shape index (κ3) is 3.19. The minimum Gasteiger partial charge on any atom is -0.357 e. The Hall–Kier alpha value is -0.610. The van der Waals surface area contributed by atoms with Crippen LogP contribution < -0.4 is 5.32 Å². The molecule has 1 aromatic rings. The molecule has 1 N–H and O–H groups in total. The summed E-state index contributed by atoms with van der Waals surface area (Å²) in [6.07, 6.45) is 1.78. The molecular weight excluding hydrogens is 218 g/mol. The van der Waals surface area contributed by atoms with E-state index in [1.54, 1.807) is 6.20 Å². The van der Waals surface area contributed by atoms with Crippen molar-refractivity contribution in [1.82, 2.24) is 9.88 Å². The van der Waals surface area contributed by atoms with Gasteiger partial charge in [-0.25, -0.2) is 4.98 Å². The molecule has 0 amide bonds. The second kappa shape index (κ2) is 4.42. The first-order valence-electron chi connectivity index (χ1n) is 3.68. The van der Waals surface area contributed by atoms with Gasteiger partial charge in [-0.05, 0) is 42.2 Å². The molecule has 0 saturated heterocycles. The molecule has 1 heterocycles. The van der Waals surface area contributed by atoms with Crippen LogP contribution in [0.15, 0.2) is 22.8 Å². The van der Waals surface area contributed by atoms with Gasteiger partial charge in [-0.1, -0.05) is 0 Å². The Bertz CT molecular complexity index is 233. The molecule has 0 fully saturated rings. The maximum atomic E-state index is 4.17. The van der Waals surface area contributed by atoms with Gasteiger partial charge < -0.3 is 5.32 Å². The lowest BCUT2D eigenvalue weighted by Crippen LogP contribution is -2.20. The fourth-order valence-electron chi connectivity index (χ4n) is 0.720. The van der Waals surface area contributed by atoms with Gasteiger partial charge in [0.2, 0.25) is 0 Å². The van der Waals surface area contributed by atoms with Gasteiger partial charge in [-0.3, -0.25) is 4.90 Å². The largest absolute Gasteiger partial charge is 0.357 e. The van der Waals surface area contributed by atoms with E-state index in [4.69, 9.17) is 0 Å². The minimum atomic E-state index is 0.800. The van der Waals surface area contributed by atoms with E-state index >= 15 is 0 Å². The average molecular weight is 230 g/mol. The molecule has 4 heteroatoms. The maximum absolute atomic E-state index is 4.17. The van der Waals surface area contributed by atoms with E-state index in [2.05, 4.69) is 26.2 Å². The summed E-state index contributed by atoms with van der Waals surface area (Å²) in [6.45, 7) is 0.800. The van der Waals surface area contributed by atoms with Crippen molar-refractivity contribution in [3.8, 4) is 0 Å². The van der Waals surface area contributed by atoms with Crippen molar-refractivity contribution in [3.63, 3.8) is 0 Å². The van der Waals surface area contributed by atoms with Gasteiger partial charge in [0.1, 0.15) is 5.82 Å². The number of rotatable bonds is 3. The van der Waals surface area contributed by atoms with E-state index in [-0.39, 0.29) is 0 Å². The summed E-state index contributed by atoms with van der Waals surface area (Å²) in [5.74, 6) is 0.895. The summed E-state index contributed by atoms with van der Waals surface area (Å²) in [6, 6.07) is 3.90. The zero-order chi connectivity index (χ0) is 8.97. The Morgan fingerprint density at radius 1 is 1.50 bits per heavy atom. The van der Waals surface area contributed by atoms with Gasteiger partial charge in [-0.2, -0.15) is 0 Å². The highest BCUT2D eigenvalue weighted by Crippen LogP contribution is 2.09. The second-order valence-electron chi connectivity index (χ2n) is 2.78. The molecule has 0 bridgehead atoms. The van der Waals surface area contributed by atoms with Crippen LogP contribution >= 0.6 is 15.9 Å². The lowest BCUT2D eigenvalue weighted by atomic mass is 10.5. The number of hydrogen-bond acceptors (Lipinski definition) is 3. The number of pyridine rings is 1. The molecule has 0 atom stereocenters. The van der Waals surface area contributed by atoms with E-state index < -0.39 is 0 Å². The zero-order valence-corrected chi connectivity index (χ0v) is 8.80. The number of halogens is 1. The normalized spacial score (nSPS) is 10.3. The van der Waals surface area contributed by atoms with Crippen molar-refractivity contribution in [2.24, 2.45) is 0 Å². The molecule has 1 aromatic heterocycles. The Morgan fingerprint density at radius 3 is 2.75 bits per heavy atom. The van der Waals surface area contributed by atoms with Gasteiger partial charge in [0.15, 0.2) is 0 Å². The number of hydrogen-bond donors (Lipinski definition) is 1. The maximum Gasteiger partial charge on any atom is 0.126 e. The van der Waals surface area contributed by atoms with Crippen molar-refractivity contribution in [3.05, 3.63) is 22.8 Å². The van der Waals surface area contributed by atoms with Crippen LogP contribution in [-0.4, -0.2) is 30.6 Å². The molecule has 0 unspecified atom stereocenters. The molecule has 12 heavy (non-hydrogen) atoms. The Morgan fingerprint density at radius 2 is 2.25 bits per heavy atom. The Balaban J connectivity index is 2.48. The molecule has 0 aromatic carbocycles. The SMILES string of the molecule is CN(C)CNc1ccc(Br)cn1. The number of nitrogens with one attached hydrogen (secondary N) is 1. The number of aromatic nitrogens is 1. The van der Waals surface area contributed by atoms with Crippen LogP contribution in [0.3, 0.4) is 0 Å².